The Kier molecular flexibility index (Phi) is 4.53. The third kappa shape index (κ3) is 3.04. The van der Waals surface area contributed by atoms with Crippen molar-refractivity contribution in [1.82, 2.24) is 5.32 Å². The van der Waals surface area contributed by atoms with Crippen molar-refractivity contribution < 1.29 is 24.1 Å². The molecule has 0 amide bonds. The summed E-state index contributed by atoms with van der Waals surface area (Å²) in [5, 5.41) is 13.3. The van der Waals surface area contributed by atoms with Crippen LogP contribution in [0.25, 0.3) is 0 Å². The highest BCUT2D eigenvalue weighted by molar-refractivity contribution is 6.32. The number of rotatable bonds is 4. The van der Waals surface area contributed by atoms with Gasteiger partial charge in [-0.2, -0.15) is 0 Å². The van der Waals surface area contributed by atoms with Crippen LogP contribution in [-0.4, -0.2) is 42.2 Å². The van der Waals surface area contributed by atoms with Crippen LogP contribution in [0.3, 0.4) is 0 Å². The molecule has 6 nitrogen and oxygen atoms in total. The number of ether oxygens (including phenoxy) is 3. The second kappa shape index (κ2) is 6.59. The van der Waals surface area contributed by atoms with Crippen molar-refractivity contribution in [1.29, 1.82) is 0 Å². The minimum atomic E-state index is -1.02. The predicted octanol–water partition coefficient (Wildman–Crippen LogP) is 3.38. The molecular weight excluding hydrogens is 358 g/mol. The van der Waals surface area contributed by atoms with E-state index in [0.717, 1.165) is 38.9 Å². The highest BCUT2D eigenvalue weighted by Crippen LogP contribution is 2.51. The number of carbonyl (C=O) groups is 1. The first-order valence-electron chi connectivity index (χ1n) is 9.15. The third-order valence-corrected chi connectivity index (χ3v) is 6.14. The molecular formula is C19H24ClNO5. The summed E-state index contributed by atoms with van der Waals surface area (Å²) in [6, 6.07) is 2.44. The smallest absolute Gasteiger partial charge is 0.336 e. The van der Waals surface area contributed by atoms with E-state index in [-0.39, 0.29) is 16.5 Å². The first-order valence-corrected chi connectivity index (χ1v) is 9.53. The van der Waals surface area contributed by atoms with E-state index < -0.39 is 11.8 Å². The highest BCUT2D eigenvalue weighted by atomic mass is 35.5. The van der Waals surface area contributed by atoms with E-state index >= 15 is 0 Å². The van der Waals surface area contributed by atoms with Crippen molar-refractivity contribution in [2.75, 3.05) is 13.2 Å². The summed E-state index contributed by atoms with van der Waals surface area (Å²) >= 11 is 6.27. The van der Waals surface area contributed by atoms with Gasteiger partial charge >= 0.3 is 5.97 Å². The Morgan fingerprint density at radius 2 is 1.85 bits per heavy atom. The number of carboxylic acids is 1. The van der Waals surface area contributed by atoms with Crippen LogP contribution in [0.1, 0.15) is 48.5 Å². The number of aromatic carboxylic acids is 1. The summed E-state index contributed by atoms with van der Waals surface area (Å²) < 4.78 is 17.5. The molecule has 0 aromatic heterocycles. The summed E-state index contributed by atoms with van der Waals surface area (Å²) in [4.78, 5) is 11.4. The fourth-order valence-electron chi connectivity index (χ4n) is 4.18. The van der Waals surface area contributed by atoms with Gasteiger partial charge in [-0.1, -0.05) is 11.6 Å². The Hall–Kier alpha value is -1.50. The predicted molar refractivity (Wildman–Crippen MR) is 96.3 cm³/mol. The topological polar surface area (TPSA) is 77.0 Å². The normalized spacial score (nSPS) is 30.9. The molecule has 1 aliphatic carbocycles. The fraction of sp³-hybridized carbons (Fsp3) is 0.632. The van der Waals surface area contributed by atoms with Crippen LogP contribution in [0.4, 0.5) is 0 Å². The standard InChI is InChI=1S/C19H24ClNO5/c1-10-14(18(22)23)7-15(20)17-16(10)25-19(2,26-17)11-3-5-12(6-4-11)21-13-8-24-9-13/h7,11-13,21H,3-6,8-9H2,1-2H3,(H,22,23)/t11-,12+,19?. The van der Waals surface area contributed by atoms with Gasteiger partial charge in [-0.15, -0.1) is 0 Å². The SMILES string of the molecule is Cc1c(C(=O)O)cc(Cl)c2c1OC(C)([C@H]1CC[C@@H](NC3COC3)CC1)O2. The third-order valence-electron chi connectivity index (χ3n) is 5.86. The van der Waals surface area contributed by atoms with Gasteiger partial charge in [0.25, 0.3) is 5.79 Å². The van der Waals surface area contributed by atoms with E-state index in [1.165, 1.54) is 6.07 Å². The highest BCUT2D eigenvalue weighted by Gasteiger charge is 2.47. The number of benzene rings is 1. The average Bonchev–Trinajstić information content (AvgIpc) is 2.94. The number of carboxylic acid groups (broad SMARTS) is 1. The van der Waals surface area contributed by atoms with Crippen molar-refractivity contribution in [3.05, 3.63) is 22.2 Å². The van der Waals surface area contributed by atoms with Crippen LogP contribution in [0.5, 0.6) is 11.5 Å². The van der Waals surface area contributed by atoms with E-state index in [1.54, 1.807) is 6.92 Å². The lowest BCUT2D eigenvalue weighted by molar-refractivity contribution is -0.122. The number of fused-ring (bicyclic) bond motifs is 1. The zero-order valence-corrected chi connectivity index (χ0v) is 15.8. The summed E-state index contributed by atoms with van der Waals surface area (Å²) in [6.45, 7) is 5.28. The Morgan fingerprint density at radius 1 is 1.19 bits per heavy atom. The van der Waals surface area contributed by atoms with E-state index in [2.05, 4.69) is 5.32 Å². The molecule has 1 unspecified atom stereocenters. The Balaban J connectivity index is 1.47. The van der Waals surface area contributed by atoms with Gasteiger partial charge in [0, 0.05) is 24.4 Å². The van der Waals surface area contributed by atoms with Crippen molar-refractivity contribution in [3.63, 3.8) is 0 Å². The summed E-state index contributed by atoms with van der Waals surface area (Å²) in [7, 11) is 0. The summed E-state index contributed by atoms with van der Waals surface area (Å²) in [5.74, 6) is -0.670. The van der Waals surface area contributed by atoms with Gasteiger partial charge in [0.05, 0.1) is 29.8 Å². The molecule has 4 rings (SSSR count). The summed E-state index contributed by atoms with van der Waals surface area (Å²) in [5.41, 5.74) is 0.707. The van der Waals surface area contributed by atoms with Crippen molar-refractivity contribution in [3.8, 4) is 11.5 Å². The van der Waals surface area contributed by atoms with Gasteiger partial charge in [0.2, 0.25) is 0 Å². The van der Waals surface area contributed by atoms with Crippen LogP contribution in [0.15, 0.2) is 6.07 Å². The zero-order chi connectivity index (χ0) is 18.5. The van der Waals surface area contributed by atoms with E-state index in [0.29, 0.717) is 29.1 Å². The van der Waals surface area contributed by atoms with Gasteiger partial charge in [0.1, 0.15) is 0 Å². The number of nitrogens with one attached hydrogen (secondary N) is 1. The van der Waals surface area contributed by atoms with Gasteiger partial charge < -0.3 is 24.6 Å². The minimum Gasteiger partial charge on any atom is -0.478 e. The lowest BCUT2D eigenvalue weighted by Crippen LogP contribution is -2.53. The average molecular weight is 382 g/mol. The molecule has 1 aromatic carbocycles. The lowest BCUT2D eigenvalue weighted by Gasteiger charge is -2.39. The van der Waals surface area contributed by atoms with Gasteiger partial charge in [-0.25, -0.2) is 4.79 Å². The van der Waals surface area contributed by atoms with Crippen LogP contribution < -0.4 is 14.8 Å². The largest absolute Gasteiger partial charge is 0.478 e. The second-order valence-corrected chi connectivity index (χ2v) is 8.07. The Morgan fingerprint density at radius 3 is 2.42 bits per heavy atom. The van der Waals surface area contributed by atoms with Crippen molar-refractivity contribution >= 4 is 17.6 Å². The molecule has 1 saturated heterocycles. The molecule has 2 fully saturated rings. The van der Waals surface area contributed by atoms with Crippen molar-refractivity contribution in [2.24, 2.45) is 5.92 Å². The molecule has 7 heteroatoms. The molecule has 3 aliphatic rings. The number of hydrogen-bond donors (Lipinski definition) is 2. The first kappa shape index (κ1) is 17.9. The van der Waals surface area contributed by atoms with Gasteiger partial charge in [-0.3, -0.25) is 0 Å². The zero-order valence-electron chi connectivity index (χ0n) is 15.0. The molecule has 0 bridgehead atoms. The minimum absolute atomic E-state index is 0.150. The molecule has 142 valence electrons. The second-order valence-electron chi connectivity index (χ2n) is 7.66. The molecule has 1 aromatic rings. The van der Waals surface area contributed by atoms with E-state index in [9.17, 15) is 9.90 Å². The maximum Gasteiger partial charge on any atom is 0.336 e. The van der Waals surface area contributed by atoms with Crippen LogP contribution >= 0.6 is 11.6 Å². The van der Waals surface area contributed by atoms with E-state index in [1.807, 2.05) is 6.92 Å². The molecule has 1 atom stereocenters. The van der Waals surface area contributed by atoms with Crippen molar-refractivity contribution in [2.45, 2.75) is 57.4 Å². The quantitative estimate of drug-likeness (QED) is 0.832. The Bertz CT molecular complexity index is 727. The first-order chi connectivity index (χ1) is 12.4. The maximum absolute atomic E-state index is 11.4. The molecule has 2 N–H and O–H groups in total. The fourth-order valence-corrected chi connectivity index (χ4v) is 4.42. The molecule has 26 heavy (non-hydrogen) atoms. The number of halogens is 1. The molecule has 0 spiro atoms. The van der Waals surface area contributed by atoms with Crippen LogP contribution in [0, 0.1) is 12.8 Å². The van der Waals surface area contributed by atoms with Gasteiger partial charge in [-0.05, 0) is 38.7 Å². The monoisotopic (exact) mass is 381 g/mol. The lowest BCUT2D eigenvalue weighted by atomic mass is 9.81. The van der Waals surface area contributed by atoms with Crippen LogP contribution in [-0.2, 0) is 4.74 Å². The molecule has 2 aliphatic heterocycles. The molecule has 2 heterocycles. The molecule has 0 radical (unpaired) electrons. The Labute approximate surface area is 157 Å². The van der Waals surface area contributed by atoms with E-state index in [4.69, 9.17) is 25.8 Å². The maximum atomic E-state index is 11.4. The number of hydrogen-bond acceptors (Lipinski definition) is 5. The van der Waals surface area contributed by atoms with Gasteiger partial charge in [0.15, 0.2) is 11.5 Å². The van der Waals surface area contributed by atoms with Crippen LogP contribution in [0.2, 0.25) is 5.02 Å². The molecule has 1 saturated carbocycles. The summed E-state index contributed by atoms with van der Waals surface area (Å²) in [6.07, 6.45) is 4.09.